The van der Waals surface area contributed by atoms with Crippen molar-refractivity contribution < 1.29 is 0 Å². The van der Waals surface area contributed by atoms with Crippen LogP contribution in [0.1, 0.15) is 110 Å². The summed E-state index contributed by atoms with van der Waals surface area (Å²) in [5.74, 6) is 0.825. The Labute approximate surface area is 157 Å². The Balaban J connectivity index is 3.53. The van der Waals surface area contributed by atoms with Crippen molar-refractivity contribution in [2.45, 2.75) is 115 Å². The number of halogens is 2. The van der Waals surface area contributed by atoms with E-state index in [2.05, 4.69) is 45.7 Å². The highest BCUT2D eigenvalue weighted by molar-refractivity contribution is 9.10. The molecule has 0 bridgehead atoms. The molecule has 0 aromatic carbocycles. The summed E-state index contributed by atoms with van der Waals surface area (Å²) in [5.41, 5.74) is 0. The summed E-state index contributed by atoms with van der Waals surface area (Å²) >= 11 is 7.69. The molecule has 0 aliphatic rings. The van der Waals surface area contributed by atoms with Crippen LogP contribution in [0, 0.1) is 5.92 Å². The van der Waals surface area contributed by atoms with Crippen LogP contribution in [0.2, 0.25) is 0 Å². The third-order valence-electron chi connectivity index (χ3n) is 4.72. The molecule has 0 heterocycles. The fraction of sp³-hybridized carbons (Fsp3) is 1.00. The number of rotatable bonds is 17. The first-order valence-corrected chi connectivity index (χ1v) is 12.0. The maximum atomic E-state index is 3.96. The van der Waals surface area contributed by atoms with E-state index in [0.717, 1.165) is 16.1 Å². The largest absolute Gasteiger partial charge is 0.0925 e. The average molecular weight is 440 g/mol. The second-order valence-corrected chi connectivity index (χ2v) is 8.72. The Morgan fingerprint density at radius 1 is 0.591 bits per heavy atom. The third kappa shape index (κ3) is 14.5. The zero-order chi connectivity index (χ0) is 16.5. The lowest BCUT2D eigenvalue weighted by Gasteiger charge is -2.20. The minimum absolute atomic E-state index is 0.721. The Morgan fingerprint density at radius 3 is 1.45 bits per heavy atom. The number of hydrogen-bond acceptors (Lipinski definition) is 0. The smallest absolute Gasteiger partial charge is 0.0182 e. The summed E-state index contributed by atoms with van der Waals surface area (Å²) in [7, 11) is 0. The van der Waals surface area contributed by atoms with Crippen molar-refractivity contribution in [2.75, 3.05) is 5.33 Å². The third-order valence-corrected chi connectivity index (χ3v) is 6.76. The van der Waals surface area contributed by atoms with Crippen molar-refractivity contribution in [2.24, 2.45) is 5.92 Å². The summed E-state index contributed by atoms with van der Waals surface area (Å²) in [4.78, 5) is 0.721. The van der Waals surface area contributed by atoms with Crippen molar-refractivity contribution in [3.05, 3.63) is 0 Å². The van der Waals surface area contributed by atoms with Gasteiger partial charge >= 0.3 is 0 Å². The van der Waals surface area contributed by atoms with Gasteiger partial charge in [-0.2, -0.15) is 0 Å². The number of unbranched alkanes of at least 4 members (excludes halogenated alkanes) is 11. The molecule has 0 aromatic rings. The van der Waals surface area contributed by atoms with Gasteiger partial charge in [-0.1, -0.05) is 129 Å². The first-order chi connectivity index (χ1) is 10.8. The molecule has 0 saturated heterocycles. The van der Waals surface area contributed by atoms with Gasteiger partial charge in [0.2, 0.25) is 0 Å². The van der Waals surface area contributed by atoms with Crippen LogP contribution >= 0.6 is 31.9 Å². The molecular weight excluding hydrogens is 400 g/mol. The van der Waals surface area contributed by atoms with Crippen LogP contribution in [-0.2, 0) is 0 Å². The normalized spacial score (nSPS) is 14.2. The van der Waals surface area contributed by atoms with E-state index in [4.69, 9.17) is 0 Å². The minimum Gasteiger partial charge on any atom is -0.0925 e. The molecule has 22 heavy (non-hydrogen) atoms. The van der Waals surface area contributed by atoms with Gasteiger partial charge in [-0.05, 0) is 18.8 Å². The molecular formula is C20H40Br2. The van der Waals surface area contributed by atoms with Gasteiger partial charge in [0.05, 0.1) is 0 Å². The molecule has 0 spiro atoms. The van der Waals surface area contributed by atoms with E-state index in [1.807, 2.05) is 0 Å². The Hall–Kier alpha value is 0.960. The molecule has 0 fully saturated rings. The maximum Gasteiger partial charge on any atom is 0.0182 e. The van der Waals surface area contributed by atoms with Gasteiger partial charge in [-0.3, -0.25) is 0 Å². The van der Waals surface area contributed by atoms with Gasteiger partial charge < -0.3 is 0 Å². The molecule has 0 aliphatic carbocycles. The van der Waals surface area contributed by atoms with Crippen molar-refractivity contribution in [1.82, 2.24) is 0 Å². The van der Waals surface area contributed by atoms with Crippen LogP contribution < -0.4 is 0 Å². The first-order valence-electron chi connectivity index (χ1n) is 9.96. The van der Waals surface area contributed by atoms with Crippen LogP contribution in [0.5, 0.6) is 0 Å². The zero-order valence-corrected chi connectivity index (χ0v) is 18.4. The Kier molecular flexibility index (Phi) is 19.1. The summed E-state index contributed by atoms with van der Waals surface area (Å²) in [5, 5.41) is 1.16. The molecule has 0 N–H and O–H groups in total. The lowest BCUT2D eigenvalue weighted by Crippen LogP contribution is -2.16. The van der Waals surface area contributed by atoms with Gasteiger partial charge in [0.15, 0.2) is 0 Å². The van der Waals surface area contributed by atoms with Gasteiger partial charge in [0.25, 0.3) is 0 Å². The Morgan fingerprint density at radius 2 is 1.00 bits per heavy atom. The molecule has 0 nitrogen and oxygen atoms in total. The van der Waals surface area contributed by atoms with Gasteiger partial charge in [0, 0.05) is 10.2 Å². The highest BCUT2D eigenvalue weighted by atomic mass is 79.9. The zero-order valence-electron chi connectivity index (χ0n) is 15.2. The van der Waals surface area contributed by atoms with Gasteiger partial charge in [-0.25, -0.2) is 0 Å². The molecule has 0 rings (SSSR count). The van der Waals surface area contributed by atoms with Gasteiger partial charge in [0.1, 0.15) is 0 Å². The van der Waals surface area contributed by atoms with E-state index in [0.29, 0.717) is 0 Å². The van der Waals surface area contributed by atoms with E-state index >= 15 is 0 Å². The first kappa shape index (κ1) is 23.0. The second-order valence-electron chi connectivity index (χ2n) is 6.90. The van der Waals surface area contributed by atoms with Crippen LogP contribution in [0.15, 0.2) is 0 Å². The van der Waals surface area contributed by atoms with Crippen LogP contribution in [-0.4, -0.2) is 10.2 Å². The molecule has 2 unspecified atom stereocenters. The fourth-order valence-electron chi connectivity index (χ4n) is 3.07. The lowest BCUT2D eigenvalue weighted by molar-refractivity contribution is 0.453. The topological polar surface area (TPSA) is 0 Å². The molecule has 0 aromatic heterocycles. The standard InChI is InChI=1S/C20H40Br2/c1-3-5-7-9-11-13-15-17-20(22)19(18-21)16-14-12-10-8-6-4-2/h19-20H,3-18H2,1-2H3. The van der Waals surface area contributed by atoms with E-state index in [1.54, 1.807) is 0 Å². The SMILES string of the molecule is CCCCCCCCCC(Br)C(CBr)CCCCCCCC. The molecule has 0 radical (unpaired) electrons. The quantitative estimate of drug-likeness (QED) is 0.157. The predicted molar refractivity (Wildman–Crippen MR) is 111 cm³/mol. The van der Waals surface area contributed by atoms with Crippen molar-refractivity contribution in [3.63, 3.8) is 0 Å². The summed E-state index contributed by atoms with van der Waals surface area (Å²) in [6.45, 7) is 4.58. The molecule has 0 saturated carbocycles. The van der Waals surface area contributed by atoms with E-state index in [1.165, 1.54) is 96.3 Å². The number of alkyl halides is 2. The molecule has 0 amide bonds. The Bertz CT molecular complexity index is 206. The maximum absolute atomic E-state index is 3.96. The molecule has 2 heteroatoms. The molecule has 0 aliphatic heterocycles. The van der Waals surface area contributed by atoms with E-state index in [-0.39, 0.29) is 0 Å². The van der Waals surface area contributed by atoms with E-state index in [9.17, 15) is 0 Å². The number of hydrogen-bond donors (Lipinski definition) is 0. The van der Waals surface area contributed by atoms with Crippen molar-refractivity contribution in [3.8, 4) is 0 Å². The predicted octanol–water partition coefficient (Wildman–Crippen LogP) is 8.65. The monoisotopic (exact) mass is 438 g/mol. The van der Waals surface area contributed by atoms with Crippen LogP contribution in [0.25, 0.3) is 0 Å². The van der Waals surface area contributed by atoms with Crippen molar-refractivity contribution in [1.29, 1.82) is 0 Å². The molecule has 2 atom stereocenters. The summed E-state index contributed by atoms with van der Waals surface area (Å²) < 4.78 is 0. The summed E-state index contributed by atoms with van der Waals surface area (Å²) in [6, 6.07) is 0. The van der Waals surface area contributed by atoms with Crippen molar-refractivity contribution >= 4 is 31.9 Å². The van der Waals surface area contributed by atoms with Crippen LogP contribution in [0.3, 0.4) is 0 Å². The fourth-order valence-corrected chi connectivity index (χ4v) is 5.13. The highest BCUT2D eigenvalue weighted by Gasteiger charge is 2.16. The molecule has 134 valence electrons. The average Bonchev–Trinajstić information content (AvgIpc) is 2.53. The second kappa shape index (κ2) is 18.3. The minimum atomic E-state index is 0.721. The van der Waals surface area contributed by atoms with Gasteiger partial charge in [-0.15, -0.1) is 0 Å². The van der Waals surface area contributed by atoms with Crippen LogP contribution in [0.4, 0.5) is 0 Å². The summed E-state index contributed by atoms with van der Waals surface area (Å²) in [6.07, 6.45) is 21.2. The van der Waals surface area contributed by atoms with E-state index < -0.39 is 0 Å². The lowest BCUT2D eigenvalue weighted by atomic mass is 9.95. The highest BCUT2D eigenvalue weighted by Crippen LogP contribution is 2.27.